The quantitative estimate of drug-likeness (QED) is 0.890. The zero-order chi connectivity index (χ0) is 13.2. The Bertz CT molecular complexity index is 381. The molecule has 2 rings (SSSR count). The highest BCUT2D eigenvalue weighted by Crippen LogP contribution is 2.24. The van der Waals surface area contributed by atoms with Crippen molar-refractivity contribution >= 4 is 0 Å². The monoisotopic (exact) mass is 251 g/mol. The number of rotatable bonds is 4. The average Bonchev–Trinajstić information content (AvgIpc) is 2.89. The lowest BCUT2D eigenvalue weighted by atomic mass is 9.94. The first-order valence-corrected chi connectivity index (χ1v) is 6.84. The molecule has 1 N–H and O–H groups in total. The summed E-state index contributed by atoms with van der Waals surface area (Å²) >= 11 is 0. The summed E-state index contributed by atoms with van der Waals surface area (Å²) in [7, 11) is 2.01. The van der Waals surface area contributed by atoms with E-state index in [1.54, 1.807) is 0 Å². The van der Waals surface area contributed by atoms with E-state index in [-0.39, 0.29) is 5.41 Å². The zero-order valence-electron chi connectivity index (χ0n) is 12.0. The van der Waals surface area contributed by atoms with Gasteiger partial charge in [0.1, 0.15) is 5.76 Å². The van der Waals surface area contributed by atoms with Crippen molar-refractivity contribution in [1.29, 1.82) is 0 Å². The Kier molecular flexibility index (Phi) is 4.07. The van der Waals surface area contributed by atoms with Gasteiger partial charge in [-0.3, -0.25) is 4.90 Å². The van der Waals surface area contributed by atoms with Crippen LogP contribution in [0.4, 0.5) is 0 Å². The molecule has 0 bridgehead atoms. The Morgan fingerprint density at radius 2 is 2.28 bits per heavy atom. The minimum Gasteiger partial charge on any atom is -0.444 e. The third kappa shape index (κ3) is 3.12. The molecule has 2 heterocycles. The summed E-state index contributed by atoms with van der Waals surface area (Å²) in [6.07, 6.45) is 4.42. The lowest BCUT2D eigenvalue weighted by molar-refractivity contribution is 0.214. The number of likely N-dealkylation sites (tertiary alicyclic amines) is 1. The Balaban J connectivity index is 1.99. The first-order valence-electron chi connectivity index (χ1n) is 6.84. The highest BCUT2D eigenvalue weighted by molar-refractivity contribution is 5.06. The zero-order valence-corrected chi connectivity index (χ0v) is 12.0. The van der Waals surface area contributed by atoms with Gasteiger partial charge in [-0.15, -0.1) is 0 Å². The molecule has 0 aliphatic carbocycles. The molecule has 0 aromatic carbocycles. The van der Waals surface area contributed by atoms with Crippen LogP contribution in [0.5, 0.6) is 0 Å². The summed E-state index contributed by atoms with van der Waals surface area (Å²) < 4.78 is 5.86. The number of nitrogens with one attached hydrogen (secondary N) is 1. The molecule has 18 heavy (non-hydrogen) atoms. The van der Waals surface area contributed by atoms with Crippen molar-refractivity contribution in [2.75, 3.05) is 20.1 Å². The minimum atomic E-state index is 0.0423. The molecule has 1 unspecified atom stereocenters. The van der Waals surface area contributed by atoms with Gasteiger partial charge in [0.2, 0.25) is 5.89 Å². The van der Waals surface area contributed by atoms with E-state index in [9.17, 15) is 0 Å². The van der Waals surface area contributed by atoms with Crippen LogP contribution in [0, 0.1) is 0 Å². The summed E-state index contributed by atoms with van der Waals surface area (Å²) in [5.74, 6) is 1.82. The van der Waals surface area contributed by atoms with Crippen LogP contribution < -0.4 is 5.32 Å². The van der Waals surface area contributed by atoms with E-state index in [0.717, 1.165) is 31.3 Å². The molecule has 1 aliphatic rings. The van der Waals surface area contributed by atoms with E-state index < -0.39 is 0 Å². The van der Waals surface area contributed by atoms with Crippen molar-refractivity contribution in [2.24, 2.45) is 0 Å². The predicted octanol–water partition coefficient (Wildman–Crippen LogP) is 2.16. The number of likely N-dealkylation sites (N-methyl/N-ethyl adjacent to an activating group) is 1. The molecule has 1 fully saturated rings. The highest BCUT2D eigenvalue weighted by atomic mass is 16.4. The molecule has 0 spiro atoms. The van der Waals surface area contributed by atoms with Gasteiger partial charge in [0.25, 0.3) is 0 Å². The fraction of sp³-hybridized carbons (Fsp3) is 0.786. The van der Waals surface area contributed by atoms with E-state index in [4.69, 9.17) is 4.42 Å². The van der Waals surface area contributed by atoms with E-state index in [2.05, 4.69) is 36.0 Å². The molecule has 0 saturated carbocycles. The third-order valence-electron chi connectivity index (χ3n) is 3.57. The van der Waals surface area contributed by atoms with E-state index in [0.29, 0.717) is 6.04 Å². The molecule has 0 amide bonds. The molecule has 1 aliphatic heterocycles. The molecule has 1 saturated heterocycles. The number of oxazole rings is 1. The van der Waals surface area contributed by atoms with Gasteiger partial charge in [0.15, 0.2) is 0 Å². The van der Waals surface area contributed by atoms with Crippen LogP contribution in [0.3, 0.4) is 0 Å². The lowest BCUT2D eigenvalue weighted by Crippen LogP contribution is -2.36. The summed E-state index contributed by atoms with van der Waals surface area (Å²) in [6.45, 7) is 9.49. The molecular weight excluding hydrogens is 226 g/mol. The van der Waals surface area contributed by atoms with Gasteiger partial charge in [-0.25, -0.2) is 4.98 Å². The Hall–Kier alpha value is -0.870. The van der Waals surface area contributed by atoms with E-state index in [1.165, 1.54) is 12.8 Å². The van der Waals surface area contributed by atoms with Crippen molar-refractivity contribution in [3.8, 4) is 0 Å². The maximum absolute atomic E-state index is 5.86. The number of nitrogens with zero attached hydrogens (tertiary/aromatic N) is 2. The fourth-order valence-corrected chi connectivity index (χ4v) is 2.47. The number of hydrogen-bond donors (Lipinski definition) is 1. The minimum absolute atomic E-state index is 0.0423. The second-order valence-electron chi connectivity index (χ2n) is 6.19. The van der Waals surface area contributed by atoms with Crippen LogP contribution in [-0.4, -0.2) is 36.1 Å². The van der Waals surface area contributed by atoms with E-state index in [1.807, 2.05) is 13.2 Å². The topological polar surface area (TPSA) is 41.3 Å². The van der Waals surface area contributed by atoms with Gasteiger partial charge in [-0.2, -0.15) is 0 Å². The maximum Gasteiger partial charge on any atom is 0.208 e. The van der Waals surface area contributed by atoms with Crippen LogP contribution in [0.1, 0.15) is 45.3 Å². The van der Waals surface area contributed by atoms with Crippen LogP contribution in [-0.2, 0) is 12.0 Å². The highest BCUT2D eigenvalue weighted by Gasteiger charge is 2.26. The second-order valence-corrected chi connectivity index (χ2v) is 6.19. The van der Waals surface area contributed by atoms with Crippen LogP contribution in [0.15, 0.2) is 10.6 Å². The van der Waals surface area contributed by atoms with Gasteiger partial charge in [0.05, 0.1) is 12.7 Å². The Morgan fingerprint density at radius 3 is 2.89 bits per heavy atom. The average molecular weight is 251 g/mol. The molecule has 1 atom stereocenters. The van der Waals surface area contributed by atoms with Crippen molar-refractivity contribution in [2.45, 2.75) is 51.6 Å². The summed E-state index contributed by atoms with van der Waals surface area (Å²) in [6, 6.07) is 0.625. The molecular formula is C14H25N3O. The molecule has 1 aromatic heterocycles. The van der Waals surface area contributed by atoms with Crippen LogP contribution >= 0.6 is 0 Å². The van der Waals surface area contributed by atoms with Gasteiger partial charge in [0, 0.05) is 18.0 Å². The smallest absolute Gasteiger partial charge is 0.208 e. The third-order valence-corrected chi connectivity index (χ3v) is 3.57. The van der Waals surface area contributed by atoms with E-state index >= 15 is 0 Å². The summed E-state index contributed by atoms with van der Waals surface area (Å²) in [4.78, 5) is 6.88. The first kappa shape index (κ1) is 13.6. The Morgan fingerprint density at radius 1 is 1.50 bits per heavy atom. The van der Waals surface area contributed by atoms with Gasteiger partial charge in [-0.05, 0) is 26.4 Å². The molecule has 102 valence electrons. The maximum atomic E-state index is 5.86. The van der Waals surface area contributed by atoms with Crippen molar-refractivity contribution < 1.29 is 4.42 Å². The van der Waals surface area contributed by atoms with Crippen molar-refractivity contribution in [3.63, 3.8) is 0 Å². The summed E-state index contributed by atoms with van der Waals surface area (Å²) in [5.41, 5.74) is 0.0423. The molecule has 4 nitrogen and oxygen atoms in total. The normalized spacial score (nSPS) is 21.7. The second kappa shape index (κ2) is 5.41. The Labute approximate surface area is 110 Å². The first-order chi connectivity index (χ1) is 8.50. The van der Waals surface area contributed by atoms with Crippen molar-refractivity contribution in [3.05, 3.63) is 17.8 Å². The number of hydrogen-bond acceptors (Lipinski definition) is 4. The van der Waals surface area contributed by atoms with Crippen LogP contribution in [0.25, 0.3) is 0 Å². The standard InChI is InChI=1S/C14H25N3O/c1-14(2,3)12-9-16-13(18-12)10-17-7-5-6-11(17)8-15-4/h9,11,15H,5-8,10H2,1-4H3. The molecule has 4 heteroatoms. The number of aromatic nitrogens is 1. The summed E-state index contributed by atoms with van der Waals surface area (Å²) in [5, 5.41) is 3.26. The fourth-order valence-electron chi connectivity index (χ4n) is 2.47. The lowest BCUT2D eigenvalue weighted by Gasteiger charge is -2.22. The van der Waals surface area contributed by atoms with Gasteiger partial charge >= 0.3 is 0 Å². The van der Waals surface area contributed by atoms with Crippen LogP contribution in [0.2, 0.25) is 0 Å². The SMILES string of the molecule is CNCC1CCCN1Cc1ncc(C(C)(C)C)o1. The predicted molar refractivity (Wildman–Crippen MR) is 72.6 cm³/mol. The molecule has 0 radical (unpaired) electrons. The molecule has 1 aromatic rings. The van der Waals surface area contributed by atoms with Gasteiger partial charge < -0.3 is 9.73 Å². The largest absolute Gasteiger partial charge is 0.444 e. The van der Waals surface area contributed by atoms with Gasteiger partial charge in [-0.1, -0.05) is 20.8 Å². The van der Waals surface area contributed by atoms with Crippen molar-refractivity contribution in [1.82, 2.24) is 15.2 Å².